The second-order valence-corrected chi connectivity index (χ2v) is 5.04. The van der Waals surface area contributed by atoms with E-state index in [1.54, 1.807) is 12.1 Å². The van der Waals surface area contributed by atoms with Crippen molar-refractivity contribution in [3.8, 4) is 0 Å². The fourth-order valence-corrected chi connectivity index (χ4v) is 2.21. The third kappa shape index (κ3) is 6.15. The second kappa shape index (κ2) is 9.09. The Labute approximate surface area is 111 Å². The van der Waals surface area contributed by atoms with Crippen LogP contribution in [0.4, 0.5) is 4.39 Å². The van der Waals surface area contributed by atoms with E-state index in [4.69, 9.17) is 0 Å². The lowest BCUT2D eigenvalue weighted by Gasteiger charge is -2.17. The summed E-state index contributed by atoms with van der Waals surface area (Å²) in [6, 6.07) is 6.94. The van der Waals surface area contributed by atoms with E-state index >= 15 is 0 Å². The van der Waals surface area contributed by atoms with Gasteiger partial charge in [-0.2, -0.15) is 0 Å². The van der Waals surface area contributed by atoms with E-state index in [0.717, 1.165) is 19.5 Å². The standard InChI is InChI=1S/C16H26FN/c1-3-5-6-15(13-18-11-4-2)12-14-7-9-16(17)10-8-14/h7-10,15,18H,3-6,11-13H2,1-2H3. The highest BCUT2D eigenvalue weighted by molar-refractivity contribution is 5.16. The first-order valence-corrected chi connectivity index (χ1v) is 7.21. The highest BCUT2D eigenvalue weighted by Gasteiger charge is 2.09. The van der Waals surface area contributed by atoms with Crippen LogP contribution in [0.5, 0.6) is 0 Å². The van der Waals surface area contributed by atoms with Crippen LogP contribution in [0.1, 0.15) is 45.1 Å². The summed E-state index contributed by atoms with van der Waals surface area (Å²) in [5.74, 6) is 0.523. The first-order valence-electron chi connectivity index (χ1n) is 7.21. The molecule has 1 atom stereocenters. The topological polar surface area (TPSA) is 12.0 Å². The minimum Gasteiger partial charge on any atom is -0.316 e. The van der Waals surface area contributed by atoms with Crippen molar-refractivity contribution in [1.82, 2.24) is 5.32 Å². The van der Waals surface area contributed by atoms with Crippen molar-refractivity contribution in [2.24, 2.45) is 5.92 Å². The fraction of sp³-hybridized carbons (Fsp3) is 0.625. The molecular weight excluding hydrogens is 225 g/mol. The molecule has 1 N–H and O–H groups in total. The highest BCUT2D eigenvalue weighted by atomic mass is 19.1. The number of unbranched alkanes of at least 4 members (excludes halogenated alkanes) is 1. The second-order valence-electron chi connectivity index (χ2n) is 5.04. The summed E-state index contributed by atoms with van der Waals surface area (Å²) in [6.45, 7) is 6.58. The fourth-order valence-electron chi connectivity index (χ4n) is 2.21. The molecule has 0 heterocycles. The first kappa shape index (κ1) is 15.2. The Morgan fingerprint density at radius 2 is 1.83 bits per heavy atom. The van der Waals surface area contributed by atoms with Gasteiger partial charge in [-0.1, -0.05) is 38.8 Å². The molecule has 0 radical (unpaired) electrons. The van der Waals surface area contributed by atoms with Gasteiger partial charge in [0.1, 0.15) is 5.82 Å². The van der Waals surface area contributed by atoms with Gasteiger partial charge in [-0.15, -0.1) is 0 Å². The molecule has 0 saturated heterocycles. The van der Waals surface area contributed by atoms with Gasteiger partial charge in [0.2, 0.25) is 0 Å². The Hall–Kier alpha value is -0.890. The van der Waals surface area contributed by atoms with E-state index in [9.17, 15) is 4.39 Å². The number of hydrogen-bond donors (Lipinski definition) is 1. The zero-order valence-electron chi connectivity index (χ0n) is 11.7. The van der Waals surface area contributed by atoms with Gasteiger partial charge in [-0.3, -0.25) is 0 Å². The van der Waals surface area contributed by atoms with Crippen LogP contribution in [-0.4, -0.2) is 13.1 Å². The molecule has 102 valence electrons. The molecule has 1 rings (SSSR count). The van der Waals surface area contributed by atoms with Crippen molar-refractivity contribution in [1.29, 1.82) is 0 Å². The van der Waals surface area contributed by atoms with Gasteiger partial charge >= 0.3 is 0 Å². The zero-order valence-corrected chi connectivity index (χ0v) is 11.7. The number of benzene rings is 1. The Balaban J connectivity index is 2.45. The number of rotatable bonds is 9. The minimum atomic E-state index is -0.145. The lowest BCUT2D eigenvalue weighted by molar-refractivity contribution is 0.429. The number of halogens is 1. The molecule has 0 amide bonds. The van der Waals surface area contributed by atoms with Crippen molar-refractivity contribution in [3.63, 3.8) is 0 Å². The van der Waals surface area contributed by atoms with Gasteiger partial charge in [-0.25, -0.2) is 4.39 Å². The van der Waals surface area contributed by atoms with Gasteiger partial charge in [-0.05, 0) is 56.0 Å². The molecule has 0 bridgehead atoms. The average molecular weight is 251 g/mol. The molecule has 1 nitrogen and oxygen atoms in total. The molecular formula is C16H26FN. The molecule has 0 saturated carbocycles. The zero-order chi connectivity index (χ0) is 13.2. The van der Waals surface area contributed by atoms with E-state index in [0.29, 0.717) is 5.92 Å². The van der Waals surface area contributed by atoms with Gasteiger partial charge in [0.15, 0.2) is 0 Å². The molecule has 0 aliphatic carbocycles. The molecule has 0 aliphatic rings. The van der Waals surface area contributed by atoms with Crippen molar-refractivity contribution in [2.75, 3.05) is 13.1 Å². The Bertz CT molecular complexity index is 307. The van der Waals surface area contributed by atoms with E-state index in [1.807, 2.05) is 12.1 Å². The molecule has 18 heavy (non-hydrogen) atoms. The Morgan fingerprint density at radius 1 is 1.11 bits per heavy atom. The average Bonchev–Trinajstić information content (AvgIpc) is 2.38. The summed E-state index contributed by atoms with van der Waals surface area (Å²) in [4.78, 5) is 0. The van der Waals surface area contributed by atoms with Crippen LogP contribution in [0.2, 0.25) is 0 Å². The van der Waals surface area contributed by atoms with Crippen molar-refractivity contribution >= 4 is 0 Å². The van der Waals surface area contributed by atoms with Crippen LogP contribution >= 0.6 is 0 Å². The van der Waals surface area contributed by atoms with Gasteiger partial charge in [0.25, 0.3) is 0 Å². The highest BCUT2D eigenvalue weighted by Crippen LogP contribution is 2.15. The summed E-state index contributed by atoms with van der Waals surface area (Å²) < 4.78 is 12.9. The Morgan fingerprint density at radius 3 is 2.44 bits per heavy atom. The molecule has 1 aromatic carbocycles. The van der Waals surface area contributed by atoms with Crippen LogP contribution < -0.4 is 5.32 Å². The minimum absolute atomic E-state index is 0.145. The van der Waals surface area contributed by atoms with Crippen LogP contribution in [0.25, 0.3) is 0 Å². The predicted molar refractivity (Wildman–Crippen MR) is 76.3 cm³/mol. The monoisotopic (exact) mass is 251 g/mol. The molecule has 1 unspecified atom stereocenters. The van der Waals surface area contributed by atoms with Gasteiger partial charge in [0.05, 0.1) is 0 Å². The van der Waals surface area contributed by atoms with Crippen LogP contribution in [-0.2, 0) is 6.42 Å². The number of nitrogens with one attached hydrogen (secondary N) is 1. The van der Waals surface area contributed by atoms with Crippen molar-refractivity contribution in [3.05, 3.63) is 35.6 Å². The summed E-state index contributed by atoms with van der Waals surface area (Å²) in [6.07, 6.45) is 6.01. The summed E-state index contributed by atoms with van der Waals surface area (Å²) in [5, 5.41) is 3.50. The maximum Gasteiger partial charge on any atom is 0.123 e. The Kier molecular flexibility index (Phi) is 7.66. The lowest BCUT2D eigenvalue weighted by atomic mass is 9.94. The van der Waals surface area contributed by atoms with Crippen LogP contribution in [0.15, 0.2) is 24.3 Å². The quantitative estimate of drug-likeness (QED) is 0.649. The summed E-state index contributed by atoms with van der Waals surface area (Å²) >= 11 is 0. The maximum atomic E-state index is 12.9. The molecule has 0 spiro atoms. The SMILES string of the molecule is CCCCC(CNCCC)Cc1ccc(F)cc1. The molecule has 0 fully saturated rings. The smallest absolute Gasteiger partial charge is 0.123 e. The molecule has 1 aromatic rings. The summed E-state index contributed by atoms with van der Waals surface area (Å²) in [7, 11) is 0. The lowest BCUT2D eigenvalue weighted by Crippen LogP contribution is -2.25. The van der Waals surface area contributed by atoms with E-state index in [1.165, 1.54) is 31.2 Å². The predicted octanol–water partition coefficient (Wildman–Crippen LogP) is 4.17. The third-order valence-electron chi connectivity index (χ3n) is 3.26. The van der Waals surface area contributed by atoms with Crippen LogP contribution in [0, 0.1) is 11.7 Å². The van der Waals surface area contributed by atoms with E-state index in [2.05, 4.69) is 19.2 Å². The molecule has 0 aromatic heterocycles. The largest absolute Gasteiger partial charge is 0.316 e. The normalized spacial score (nSPS) is 12.6. The first-order chi connectivity index (χ1) is 8.76. The molecule has 2 heteroatoms. The van der Waals surface area contributed by atoms with Gasteiger partial charge in [0, 0.05) is 0 Å². The van der Waals surface area contributed by atoms with Gasteiger partial charge < -0.3 is 5.32 Å². The van der Waals surface area contributed by atoms with Crippen molar-refractivity contribution < 1.29 is 4.39 Å². The summed E-state index contributed by atoms with van der Waals surface area (Å²) in [5.41, 5.74) is 1.25. The molecule has 0 aliphatic heterocycles. The van der Waals surface area contributed by atoms with Crippen molar-refractivity contribution in [2.45, 2.75) is 46.0 Å². The number of hydrogen-bond acceptors (Lipinski definition) is 1. The van der Waals surface area contributed by atoms with Crippen LogP contribution in [0.3, 0.4) is 0 Å². The third-order valence-corrected chi connectivity index (χ3v) is 3.26. The van der Waals surface area contributed by atoms with E-state index in [-0.39, 0.29) is 5.82 Å². The van der Waals surface area contributed by atoms with E-state index < -0.39 is 0 Å². The maximum absolute atomic E-state index is 12.9.